The molecular formula is C6H6N4S. The highest BCUT2D eigenvalue weighted by molar-refractivity contribution is 7.99. The molecule has 0 unspecified atom stereocenters. The molecular weight excluding hydrogens is 160 g/mol. The van der Waals surface area contributed by atoms with Gasteiger partial charge in [0.25, 0.3) is 0 Å². The molecule has 0 fully saturated rings. The van der Waals surface area contributed by atoms with Gasteiger partial charge in [-0.3, -0.25) is 5.10 Å². The number of aromatic amines is 2. The zero-order chi connectivity index (χ0) is 7.52. The summed E-state index contributed by atoms with van der Waals surface area (Å²) in [6.45, 7) is 0. The number of hydrogen-bond donors (Lipinski definition) is 2. The number of H-pyrrole nitrogens is 2. The minimum atomic E-state index is 0.881. The topological polar surface area (TPSA) is 57.4 Å². The van der Waals surface area contributed by atoms with Crippen molar-refractivity contribution >= 4 is 11.8 Å². The third-order valence-corrected chi connectivity index (χ3v) is 2.04. The zero-order valence-electron chi connectivity index (χ0n) is 5.61. The Labute approximate surface area is 67.4 Å². The highest BCUT2D eigenvalue weighted by Crippen LogP contribution is 2.21. The first-order chi connectivity index (χ1) is 5.45. The Morgan fingerprint density at radius 2 is 2.45 bits per heavy atom. The lowest BCUT2D eigenvalue weighted by atomic mass is 10.7. The van der Waals surface area contributed by atoms with Crippen molar-refractivity contribution in [2.45, 2.75) is 10.1 Å². The van der Waals surface area contributed by atoms with Gasteiger partial charge in [0, 0.05) is 18.6 Å². The van der Waals surface area contributed by atoms with E-state index in [0.29, 0.717) is 0 Å². The first-order valence-corrected chi connectivity index (χ1v) is 3.93. The molecule has 0 atom stereocenters. The Balaban J connectivity index is 2.14. The molecule has 2 N–H and O–H groups in total. The summed E-state index contributed by atoms with van der Waals surface area (Å²) in [6, 6.07) is 0. The van der Waals surface area contributed by atoms with Crippen molar-refractivity contribution in [3.8, 4) is 0 Å². The van der Waals surface area contributed by atoms with Crippen molar-refractivity contribution in [2.24, 2.45) is 0 Å². The van der Waals surface area contributed by atoms with Gasteiger partial charge in [0.05, 0.1) is 11.1 Å². The van der Waals surface area contributed by atoms with Gasteiger partial charge in [-0.05, 0) is 11.8 Å². The molecule has 0 saturated carbocycles. The Morgan fingerprint density at radius 3 is 3.09 bits per heavy atom. The molecule has 0 aromatic carbocycles. The van der Waals surface area contributed by atoms with E-state index in [1.807, 2.05) is 6.20 Å². The van der Waals surface area contributed by atoms with Crippen molar-refractivity contribution < 1.29 is 0 Å². The summed E-state index contributed by atoms with van der Waals surface area (Å²) >= 11 is 1.54. The van der Waals surface area contributed by atoms with Crippen molar-refractivity contribution in [2.75, 3.05) is 0 Å². The van der Waals surface area contributed by atoms with Crippen LogP contribution in [-0.2, 0) is 0 Å². The zero-order valence-corrected chi connectivity index (χ0v) is 6.43. The molecule has 0 saturated heterocycles. The molecule has 0 amide bonds. The Morgan fingerprint density at radius 1 is 1.45 bits per heavy atom. The molecule has 0 aliphatic carbocycles. The second kappa shape index (κ2) is 2.79. The number of hydrogen-bond acceptors (Lipinski definition) is 3. The van der Waals surface area contributed by atoms with Crippen LogP contribution in [0, 0.1) is 0 Å². The SMILES string of the molecule is c1c[nH]c(Sc2cn[nH]c2)n1. The molecule has 0 aliphatic heterocycles. The lowest BCUT2D eigenvalue weighted by Crippen LogP contribution is -1.70. The normalized spacial score (nSPS) is 10.2. The summed E-state index contributed by atoms with van der Waals surface area (Å²) in [6.07, 6.45) is 7.10. The van der Waals surface area contributed by atoms with E-state index in [1.165, 1.54) is 0 Å². The van der Waals surface area contributed by atoms with Crippen LogP contribution < -0.4 is 0 Å². The third kappa shape index (κ3) is 1.43. The van der Waals surface area contributed by atoms with Gasteiger partial charge in [-0.1, -0.05) is 0 Å². The maximum absolute atomic E-state index is 4.06. The average molecular weight is 166 g/mol. The molecule has 4 nitrogen and oxygen atoms in total. The first-order valence-electron chi connectivity index (χ1n) is 3.11. The van der Waals surface area contributed by atoms with Crippen LogP contribution in [0.3, 0.4) is 0 Å². The molecule has 0 aliphatic rings. The molecule has 5 heteroatoms. The predicted octanol–water partition coefficient (Wildman–Crippen LogP) is 1.28. The fourth-order valence-corrected chi connectivity index (χ4v) is 1.39. The summed E-state index contributed by atoms with van der Waals surface area (Å²) in [5.74, 6) is 0. The van der Waals surface area contributed by atoms with Crippen LogP contribution in [0.1, 0.15) is 0 Å². The second-order valence-electron chi connectivity index (χ2n) is 1.93. The third-order valence-electron chi connectivity index (χ3n) is 1.16. The van der Waals surface area contributed by atoms with Gasteiger partial charge < -0.3 is 4.98 Å². The second-order valence-corrected chi connectivity index (χ2v) is 2.99. The standard InChI is InChI=1S/C6H6N4S/c1-2-8-6(7-1)11-5-3-9-10-4-5/h1-4H,(H,7,8)(H,9,10). The monoisotopic (exact) mass is 166 g/mol. The van der Waals surface area contributed by atoms with E-state index in [1.54, 1.807) is 30.4 Å². The van der Waals surface area contributed by atoms with Crippen molar-refractivity contribution in [3.63, 3.8) is 0 Å². The minimum absolute atomic E-state index is 0.881. The fraction of sp³-hybridized carbons (Fsp3) is 0. The smallest absolute Gasteiger partial charge is 0.170 e. The number of nitrogens with zero attached hydrogens (tertiary/aromatic N) is 2. The van der Waals surface area contributed by atoms with E-state index in [-0.39, 0.29) is 0 Å². The molecule has 2 rings (SSSR count). The van der Waals surface area contributed by atoms with Gasteiger partial charge in [0.2, 0.25) is 0 Å². The van der Waals surface area contributed by atoms with Crippen LogP contribution in [0.15, 0.2) is 34.8 Å². The van der Waals surface area contributed by atoms with Gasteiger partial charge in [-0.25, -0.2) is 4.98 Å². The summed E-state index contributed by atoms with van der Waals surface area (Å²) in [7, 11) is 0. The van der Waals surface area contributed by atoms with Crippen LogP contribution in [0.2, 0.25) is 0 Å². The highest BCUT2D eigenvalue weighted by atomic mass is 32.2. The summed E-state index contributed by atoms with van der Waals surface area (Å²) < 4.78 is 0. The van der Waals surface area contributed by atoms with Crippen LogP contribution in [0.5, 0.6) is 0 Å². The molecule has 2 aromatic heterocycles. The number of nitrogens with one attached hydrogen (secondary N) is 2. The molecule has 2 heterocycles. The van der Waals surface area contributed by atoms with Crippen LogP contribution in [0.4, 0.5) is 0 Å². The molecule has 0 bridgehead atoms. The highest BCUT2D eigenvalue weighted by Gasteiger charge is 1.97. The van der Waals surface area contributed by atoms with Gasteiger partial charge >= 0.3 is 0 Å². The van der Waals surface area contributed by atoms with Crippen LogP contribution in [0.25, 0.3) is 0 Å². The van der Waals surface area contributed by atoms with Crippen molar-refractivity contribution in [3.05, 3.63) is 24.8 Å². The summed E-state index contributed by atoms with van der Waals surface area (Å²) in [5.41, 5.74) is 0. The molecule has 0 spiro atoms. The van der Waals surface area contributed by atoms with E-state index >= 15 is 0 Å². The lowest BCUT2D eigenvalue weighted by molar-refractivity contribution is 1.06. The Hall–Kier alpha value is -1.23. The molecule has 11 heavy (non-hydrogen) atoms. The maximum Gasteiger partial charge on any atom is 0.170 e. The Kier molecular flexibility index (Phi) is 1.64. The number of aromatic nitrogens is 4. The Bertz CT molecular complexity index is 267. The van der Waals surface area contributed by atoms with E-state index in [0.717, 1.165) is 10.1 Å². The number of imidazole rings is 1. The maximum atomic E-state index is 4.06. The minimum Gasteiger partial charge on any atom is -0.339 e. The summed E-state index contributed by atoms with van der Waals surface area (Å²) in [5, 5.41) is 7.43. The van der Waals surface area contributed by atoms with Gasteiger partial charge in [-0.15, -0.1) is 0 Å². The van der Waals surface area contributed by atoms with Gasteiger partial charge in [0.15, 0.2) is 5.16 Å². The molecule has 2 aromatic rings. The van der Waals surface area contributed by atoms with E-state index in [9.17, 15) is 0 Å². The van der Waals surface area contributed by atoms with E-state index in [2.05, 4.69) is 20.2 Å². The largest absolute Gasteiger partial charge is 0.339 e. The van der Waals surface area contributed by atoms with Crippen molar-refractivity contribution in [1.29, 1.82) is 0 Å². The van der Waals surface area contributed by atoms with Gasteiger partial charge in [0.1, 0.15) is 0 Å². The fourth-order valence-electron chi connectivity index (χ4n) is 0.713. The van der Waals surface area contributed by atoms with Crippen LogP contribution in [-0.4, -0.2) is 20.2 Å². The molecule has 0 radical (unpaired) electrons. The van der Waals surface area contributed by atoms with Crippen LogP contribution >= 0.6 is 11.8 Å². The van der Waals surface area contributed by atoms with Crippen molar-refractivity contribution in [1.82, 2.24) is 20.2 Å². The van der Waals surface area contributed by atoms with E-state index in [4.69, 9.17) is 0 Å². The average Bonchev–Trinajstić information content (AvgIpc) is 2.60. The lowest BCUT2D eigenvalue weighted by Gasteiger charge is -1.88. The number of rotatable bonds is 2. The van der Waals surface area contributed by atoms with Gasteiger partial charge in [-0.2, -0.15) is 5.10 Å². The first kappa shape index (κ1) is 6.48. The molecule has 56 valence electrons. The van der Waals surface area contributed by atoms with E-state index < -0.39 is 0 Å². The predicted molar refractivity (Wildman–Crippen MR) is 41.3 cm³/mol. The summed E-state index contributed by atoms with van der Waals surface area (Å²) in [4.78, 5) is 8.10. The quantitative estimate of drug-likeness (QED) is 0.706.